The lowest BCUT2D eigenvalue weighted by Crippen LogP contribution is -2.16. The number of esters is 1. The molecule has 3 rings (SSSR count). The average Bonchev–Trinajstić information content (AvgIpc) is 3.26. The van der Waals surface area contributed by atoms with Crippen LogP contribution in [0.15, 0.2) is 40.2 Å². The Morgan fingerprint density at radius 3 is 2.68 bits per heavy atom. The fraction of sp³-hybridized carbons (Fsp3) is 0.167. The summed E-state index contributed by atoms with van der Waals surface area (Å²) in [6.45, 7) is 3.17. The van der Waals surface area contributed by atoms with Crippen LogP contribution in [0.2, 0.25) is 0 Å². The van der Waals surface area contributed by atoms with E-state index in [1.54, 1.807) is 12.3 Å². The van der Waals surface area contributed by atoms with Gasteiger partial charge in [0, 0.05) is 17.9 Å². The number of rotatable bonds is 6. The van der Waals surface area contributed by atoms with Crippen molar-refractivity contribution in [2.24, 2.45) is 0 Å². The van der Waals surface area contributed by atoms with E-state index < -0.39 is 28.2 Å². The molecule has 0 fully saturated rings. The van der Waals surface area contributed by atoms with Crippen molar-refractivity contribution >= 4 is 33.9 Å². The van der Waals surface area contributed by atoms with Gasteiger partial charge in [-0.1, -0.05) is 35.5 Å². The van der Waals surface area contributed by atoms with E-state index >= 15 is 0 Å². The Bertz CT molecular complexity index is 1040. The number of carbonyl (C=O) groups excluding carboxylic acids is 2. The molecule has 0 saturated carbocycles. The summed E-state index contributed by atoms with van der Waals surface area (Å²) in [7, 11) is 0. The number of ether oxygens (including phenoxy) is 1. The molecule has 0 aliphatic rings. The topological polar surface area (TPSA) is 125 Å². The second-order valence-corrected chi connectivity index (χ2v) is 6.47. The van der Waals surface area contributed by atoms with Crippen molar-refractivity contribution in [2.75, 3.05) is 11.9 Å². The number of aromatic nitrogens is 1. The standard InChI is InChI=1S/C18H15N3O6S/c1-3-26-18(23)13-12(11-7-5-4-6-8-11)9-28-17(13)19-16(22)14-15(21(24)25)10(2)27-20-14/h4-9H,3H2,1-2H3,(H,19,22). The molecule has 0 bridgehead atoms. The predicted molar refractivity (Wildman–Crippen MR) is 102 cm³/mol. The Morgan fingerprint density at radius 2 is 2.04 bits per heavy atom. The van der Waals surface area contributed by atoms with Gasteiger partial charge in [-0.25, -0.2) is 4.79 Å². The number of nitrogens with zero attached hydrogens (tertiary/aromatic N) is 2. The zero-order chi connectivity index (χ0) is 20.3. The lowest BCUT2D eigenvalue weighted by atomic mass is 10.0. The minimum Gasteiger partial charge on any atom is -0.462 e. The summed E-state index contributed by atoms with van der Waals surface area (Å²) in [5.41, 5.74) is 0.548. The van der Waals surface area contributed by atoms with Gasteiger partial charge in [0.05, 0.1) is 11.5 Å². The Hall–Kier alpha value is -3.53. The molecule has 1 aromatic carbocycles. The van der Waals surface area contributed by atoms with Crippen LogP contribution in [-0.2, 0) is 4.74 Å². The Morgan fingerprint density at radius 1 is 1.32 bits per heavy atom. The molecule has 9 nitrogen and oxygen atoms in total. The van der Waals surface area contributed by atoms with Gasteiger partial charge in [0.1, 0.15) is 10.6 Å². The maximum Gasteiger partial charge on any atom is 0.344 e. The average molecular weight is 401 g/mol. The number of anilines is 1. The van der Waals surface area contributed by atoms with Crippen molar-refractivity contribution in [3.05, 3.63) is 62.8 Å². The number of hydrogen-bond acceptors (Lipinski definition) is 8. The third-order valence-corrected chi connectivity index (χ3v) is 4.71. The van der Waals surface area contributed by atoms with Gasteiger partial charge in [-0.2, -0.15) is 0 Å². The van der Waals surface area contributed by atoms with Crippen molar-refractivity contribution in [3.8, 4) is 11.1 Å². The molecular weight excluding hydrogens is 386 g/mol. The molecule has 10 heteroatoms. The van der Waals surface area contributed by atoms with E-state index in [-0.39, 0.29) is 22.9 Å². The third-order valence-electron chi connectivity index (χ3n) is 3.81. The van der Waals surface area contributed by atoms with E-state index in [0.29, 0.717) is 5.56 Å². The molecule has 0 aliphatic carbocycles. The second kappa shape index (κ2) is 8.01. The Balaban J connectivity index is 2.01. The largest absolute Gasteiger partial charge is 0.462 e. The second-order valence-electron chi connectivity index (χ2n) is 5.59. The third kappa shape index (κ3) is 3.62. The Labute approximate surface area is 163 Å². The molecule has 0 radical (unpaired) electrons. The van der Waals surface area contributed by atoms with Crippen LogP contribution in [0.3, 0.4) is 0 Å². The normalized spacial score (nSPS) is 10.5. The zero-order valence-corrected chi connectivity index (χ0v) is 15.7. The number of carbonyl (C=O) groups is 2. The summed E-state index contributed by atoms with van der Waals surface area (Å²) >= 11 is 1.11. The molecule has 0 spiro atoms. The van der Waals surface area contributed by atoms with Gasteiger partial charge in [0.2, 0.25) is 11.5 Å². The lowest BCUT2D eigenvalue weighted by Gasteiger charge is -2.08. The number of nitro groups is 1. The molecule has 0 saturated heterocycles. The van der Waals surface area contributed by atoms with Crippen LogP contribution >= 0.6 is 11.3 Å². The SMILES string of the molecule is CCOC(=O)c1c(-c2ccccc2)csc1NC(=O)c1noc(C)c1[N+](=O)[O-]. The fourth-order valence-electron chi connectivity index (χ4n) is 2.58. The van der Waals surface area contributed by atoms with Crippen molar-refractivity contribution in [3.63, 3.8) is 0 Å². The fourth-order valence-corrected chi connectivity index (χ4v) is 3.53. The summed E-state index contributed by atoms with van der Waals surface area (Å²) < 4.78 is 9.88. The van der Waals surface area contributed by atoms with E-state index in [0.717, 1.165) is 16.9 Å². The molecule has 2 heterocycles. The Kier molecular flexibility index (Phi) is 5.50. The maximum atomic E-state index is 12.5. The van der Waals surface area contributed by atoms with Gasteiger partial charge in [-0.3, -0.25) is 14.9 Å². The summed E-state index contributed by atoms with van der Waals surface area (Å²) in [5, 5.41) is 19.1. The van der Waals surface area contributed by atoms with Crippen LogP contribution in [0.25, 0.3) is 11.1 Å². The highest BCUT2D eigenvalue weighted by molar-refractivity contribution is 7.15. The summed E-state index contributed by atoms with van der Waals surface area (Å²) in [6, 6.07) is 9.13. The van der Waals surface area contributed by atoms with Gasteiger partial charge in [0.15, 0.2) is 0 Å². The van der Waals surface area contributed by atoms with Gasteiger partial charge in [-0.05, 0) is 12.5 Å². The van der Waals surface area contributed by atoms with Crippen molar-refractivity contribution in [1.29, 1.82) is 0 Å². The quantitative estimate of drug-likeness (QED) is 0.375. The number of aryl methyl sites for hydroxylation is 1. The molecule has 0 unspecified atom stereocenters. The van der Waals surface area contributed by atoms with E-state index in [2.05, 4.69) is 10.5 Å². The molecule has 0 aliphatic heterocycles. The van der Waals surface area contributed by atoms with Gasteiger partial charge in [0.25, 0.3) is 5.91 Å². The van der Waals surface area contributed by atoms with Gasteiger partial charge in [-0.15, -0.1) is 11.3 Å². The maximum absolute atomic E-state index is 12.5. The summed E-state index contributed by atoms with van der Waals surface area (Å²) in [6.07, 6.45) is 0. The first kappa shape index (κ1) is 19.2. The molecule has 28 heavy (non-hydrogen) atoms. The number of hydrogen-bond donors (Lipinski definition) is 1. The minimum absolute atomic E-state index is 0.0862. The van der Waals surface area contributed by atoms with Crippen LogP contribution in [0, 0.1) is 17.0 Å². The van der Waals surface area contributed by atoms with Gasteiger partial charge >= 0.3 is 11.7 Å². The van der Waals surface area contributed by atoms with E-state index in [1.807, 2.05) is 30.3 Å². The van der Waals surface area contributed by atoms with Crippen molar-refractivity contribution in [1.82, 2.24) is 5.16 Å². The van der Waals surface area contributed by atoms with Crippen LogP contribution in [0.1, 0.15) is 33.5 Å². The van der Waals surface area contributed by atoms with Crippen LogP contribution in [0.4, 0.5) is 10.7 Å². The first-order chi connectivity index (χ1) is 13.4. The number of amides is 1. The van der Waals surface area contributed by atoms with E-state index in [1.165, 1.54) is 6.92 Å². The van der Waals surface area contributed by atoms with Crippen LogP contribution < -0.4 is 5.32 Å². The number of benzene rings is 1. The lowest BCUT2D eigenvalue weighted by molar-refractivity contribution is -0.386. The highest BCUT2D eigenvalue weighted by Gasteiger charge is 2.31. The molecule has 2 aromatic heterocycles. The molecular formula is C18H15N3O6S. The van der Waals surface area contributed by atoms with Crippen LogP contribution in [-0.4, -0.2) is 28.6 Å². The van der Waals surface area contributed by atoms with Crippen molar-refractivity contribution < 1.29 is 23.8 Å². The van der Waals surface area contributed by atoms with E-state index in [4.69, 9.17) is 9.26 Å². The summed E-state index contributed by atoms with van der Waals surface area (Å²) in [5.74, 6) is -1.55. The monoisotopic (exact) mass is 401 g/mol. The molecule has 144 valence electrons. The summed E-state index contributed by atoms with van der Waals surface area (Å²) in [4.78, 5) is 35.5. The highest BCUT2D eigenvalue weighted by atomic mass is 32.1. The van der Waals surface area contributed by atoms with Gasteiger partial charge < -0.3 is 14.6 Å². The molecule has 3 aromatic rings. The van der Waals surface area contributed by atoms with Crippen molar-refractivity contribution in [2.45, 2.75) is 13.8 Å². The number of thiophene rings is 1. The number of nitrogens with one attached hydrogen (secondary N) is 1. The molecule has 1 N–H and O–H groups in total. The first-order valence-electron chi connectivity index (χ1n) is 8.20. The highest BCUT2D eigenvalue weighted by Crippen LogP contribution is 2.36. The molecule has 0 atom stereocenters. The first-order valence-corrected chi connectivity index (χ1v) is 9.08. The smallest absolute Gasteiger partial charge is 0.344 e. The zero-order valence-electron chi connectivity index (χ0n) is 14.9. The minimum atomic E-state index is -0.851. The predicted octanol–water partition coefficient (Wildman–Crippen LogP) is 4.05. The molecule has 1 amide bonds. The van der Waals surface area contributed by atoms with E-state index in [9.17, 15) is 19.7 Å². The van der Waals surface area contributed by atoms with Crippen LogP contribution in [0.5, 0.6) is 0 Å².